The number of piperidine rings is 1. The van der Waals surface area contributed by atoms with Crippen LogP contribution in [0.3, 0.4) is 0 Å². The molecule has 8 heteroatoms. The number of ether oxygens (including phenoxy) is 1. The summed E-state index contributed by atoms with van der Waals surface area (Å²) in [5, 5.41) is 11.7. The zero-order valence-electron chi connectivity index (χ0n) is 13.6. The first-order valence-corrected chi connectivity index (χ1v) is 9.35. The number of rotatable bonds is 6. The highest BCUT2D eigenvalue weighted by atomic mass is 32.2. The topological polar surface area (TPSA) is 99.5 Å². The molecule has 0 radical (unpaired) electrons. The molecule has 1 aliphatic rings. The van der Waals surface area contributed by atoms with E-state index in [2.05, 4.69) is 5.32 Å². The van der Waals surface area contributed by atoms with Crippen LogP contribution < -0.4 is 5.32 Å². The number of hydrogen-bond donors (Lipinski definition) is 1. The van der Waals surface area contributed by atoms with E-state index >= 15 is 0 Å². The van der Waals surface area contributed by atoms with Gasteiger partial charge in [0.2, 0.25) is 10.0 Å². The first kappa shape index (κ1) is 18.4. The molecule has 0 aromatic heterocycles. The number of nitrogens with zero attached hydrogens (tertiary/aromatic N) is 2. The molecular weight excluding hydrogens is 330 g/mol. The summed E-state index contributed by atoms with van der Waals surface area (Å²) in [6.45, 7) is 0.965. The highest BCUT2D eigenvalue weighted by molar-refractivity contribution is 7.89. The molecule has 1 aromatic carbocycles. The van der Waals surface area contributed by atoms with Crippen molar-refractivity contribution in [2.45, 2.75) is 18.9 Å². The van der Waals surface area contributed by atoms with Gasteiger partial charge in [-0.25, -0.2) is 12.7 Å². The number of nitriles is 1. The van der Waals surface area contributed by atoms with Gasteiger partial charge < -0.3 is 10.1 Å². The fourth-order valence-corrected chi connectivity index (χ4v) is 3.96. The quantitative estimate of drug-likeness (QED) is 0.814. The van der Waals surface area contributed by atoms with Crippen LogP contribution in [0.15, 0.2) is 24.3 Å². The number of carbonyl (C=O) groups excluding carboxylic acids is 1. The smallest absolute Gasteiger partial charge is 0.251 e. The molecule has 7 nitrogen and oxygen atoms in total. The minimum Gasteiger partial charge on any atom is -0.384 e. The Morgan fingerprint density at radius 2 is 1.96 bits per heavy atom. The number of nitrogens with one attached hydrogen (secondary N) is 1. The first-order valence-electron chi connectivity index (χ1n) is 7.74. The summed E-state index contributed by atoms with van der Waals surface area (Å²) >= 11 is 0. The summed E-state index contributed by atoms with van der Waals surface area (Å²) in [7, 11) is -1.82. The third kappa shape index (κ3) is 4.77. The standard InChI is InChI=1S/C16H21N3O4S/c1-23-10-11-24(21,22)19-8-6-15(7-9-19)18-16(20)14-4-2-13(12-17)3-5-14/h2-5,15H,6-11H2,1H3,(H,18,20). The minimum atomic E-state index is -3.29. The monoisotopic (exact) mass is 351 g/mol. The van der Waals surface area contributed by atoms with Gasteiger partial charge in [-0.2, -0.15) is 5.26 Å². The zero-order chi connectivity index (χ0) is 17.6. The van der Waals surface area contributed by atoms with Crippen LogP contribution in [-0.2, 0) is 14.8 Å². The lowest BCUT2D eigenvalue weighted by Crippen LogP contribution is -2.47. The maximum Gasteiger partial charge on any atom is 0.251 e. The Hall–Kier alpha value is -1.95. The van der Waals surface area contributed by atoms with Gasteiger partial charge in [-0.15, -0.1) is 0 Å². The van der Waals surface area contributed by atoms with Gasteiger partial charge in [0.25, 0.3) is 5.91 Å². The van der Waals surface area contributed by atoms with Crippen LogP contribution >= 0.6 is 0 Å². The Morgan fingerprint density at radius 1 is 1.33 bits per heavy atom. The van der Waals surface area contributed by atoms with E-state index in [-0.39, 0.29) is 24.3 Å². The first-order chi connectivity index (χ1) is 11.5. The molecule has 1 amide bonds. The van der Waals surface area contributed by atoms with Crippen molar-refractivity contribution in [3.05, 3.63) is 35.4 Å². The van der Waals surface area contributed by atoms with E-state index in [9.17, 15) is 13.2 Å². The molecule has 0 unspecified atom stereocenters. The van der Waals surface area contributed by atoms with Gasteiger partial charge in [-0.1, -0.05) is 0 Å². The fraction of sp³-hybridized carbons (Fsp3) is 0.500. The van der Waals surface area contributed by atoms with Crippen LogP contribution in [0.4, 0.5) is 0 Å². The number of benzene rings is 1. The molecule has 0 saturated carbocycles. The lowest BCUT2D eigenvalue weighted by molar-refractivity contribution is 0.0924. The van der Waals surface area contributed by atoms with Crippen LogP contribution in [-0.4, -0.2) is 57.2 Å². The normalized spacial score (nSPS) is 16.5. The van der Waals surface area contributed by atoms with E-state index in [0.29, 0.717) is 37.1 Å². The predicted molar refractivity (Wildman–Crippen MR) is 88.9 cm³/mol. The van der Waals surface area contributed by atoms with Gasteiger partial charge in [0.05, 0.1) is 24.0 Å². The van der Waals surface area contributed by atoms with E-state index in [1.807, 2.05) is 6.07 Å². The van der Waals surface area contributed by atoms with Crippen molar-refractivity contribution in [1.82, 2.24) is 9.62 Å². The van der Waals surface area contributed by atoms with Crippen molar-refractivity contribution in [2.24, 2.45) is 0 Å². The Labute approximate surface area is 142 Å². The maximum absolute atomic E-state index is 12.2. The van der Waals surface area contributed by atoms with Gasteiger partial charge in [0.15, 0.2) is 0 Å². The van der Waals surface area contributed by atoms with E-state index in [0.717, 1.165) is 0 Å². The molecule has 1 aromatic rings. The second kappa shape index (κ2) is 8.24. The summed E-state index contributed by atoms with van der Waals surface area (Å²) in [5.41, 5.74) is 0.991. The summed E-state index contributed by atoms with van der Waals surface area (Å²) < 4.78 is 30.5. The van der Waals surface area contributed by atoms with Crippen molar-refractivity contribution in [3.8, 4) is 6.07 Å². The second-order valence-electron chi connectivity index (χ2n) is 5.64. The minimum absolute atomic E-state index is 0.0221. The van der Waals surface area contributed by atoms with E-state index in [1.165, 1.54) is 11.4 Å². The summed E-state index contributed by atoms with van der Waals surface area (Å²) in [6, 6.07) is 8.36. The van der Waals surface area contributed by atoms with Crippen LogP contribution in [0.25, 0.3) is 0 Å². The number of hydrogen-bond acceptors (Lipinski definition) is 5. The van der Waals surface area contributed by atoms with Crippen molar-refractivity contribution in [1.29, 1.82) is 5.26 Å². The number of carbonyl (C=O) groups is 1. The molecular formula is C16H21N3O4S. The molecule has 2 rings (SSSR count). The van der Waals surface area contributed by atoms with Crippen molar-refractivity contribution in [3.63, 3.8) is 0 Å². The molecule has 0 bridgehead atoms. The zero-order valence-corrected chi connectivity index (χ0v) is 14.4. The van der Waals surface area contributed by atoms with Crippen LogP contribution in [0.5, 0.6) is 0 Å². The number of methoxy groups -OCH3 is 1. The Balaban J connectivity index is 1.86. The van der Waals surface area contributed by atoms with Gasteiger partial charge >= 0.3 is 0 Å². The van der Waals surface area contributed by atoms with E-state index < -0.39 is 10.0 Å². The highest BCUT2D eigenvalue weighted by Gasteiger charge is 2.28. The molecule has 130 valence electrons. The summed E-state index contributed by atoms with van der Waals surface area (Å²) in [5.74, 6) is -0.230. The van der Waals surface area contributed by atoms with Crippen molar-refractivity contribution >= 4 is 15.9 Å². The Kier molecular flexibility index (Phi) is 6.31. The van der Waals surface area contributed by atoms with Gasteiger partial charge in [0, 0.05) is 31.8 Å². The molecule has 24 heavy (non-hydrogen) atoms. The van der Waals surface area contributed by atoms with Gasteiger partial charge in [0.1, 0.15) is 0 Å². The number of amides is 1. The van der Waals surface area contributed by atoms with E-state index in [1.54, 1.807) is 24.3 Å². The Bertz CT molecular complexity index is 702. The SMILES string of the molecule is COCCS(=O)(=O)N1CCC(NC(=O)c2ccc(C#N)cc2)CC1. The third-order valence-corrected chi connectivity index (χ3v) is 5.84. The fourth-order valence-electron chi connectivity index (χ4n) is 2.56. The second-order valence-corrected chi connectivity index (χ2v) is 7.73. The third-order valence-electron chi connectivity index (χ3n) is 4.00. The van der Waals surface area contributed by atoms with Crippen molar-refractivity contribution < 1.29 is 17.9 Å². The van der Waals surface area contributed by atoms with Crippen LogP contribution in [0.1, 0.15) is 28.8 Å². The summed E-state index contributed by atoms with van der Waals surface area (Å²) in [4.78, 5) is 12.2. The molecule has 1 heterocycles. The molecule has 1 fully saturated rings. The average molecular weight is 351 g/mol. The van der Waals surface area contributed by atoms with E-state index in [4.69, 9.17) is 10.00 Å². The average Bonchev–Trinajstić information content (AvgIpc) is 2.60. The van der Waals surface area contributed by atoms with Gasteiger partial charge in [-0.05, 0) is 37.1 Å². The van der Waals surface area contributed by atoms with Gasteiger partial charge in [-0.3, -0.25) is 4.79 Å². The lowest BCUT2D eigenvalue weighted by Gasteiger charge is -2.31. The van der Waals surface area contributed by atoms with Crippen molar-refractivity contribution in [2.75, 3.05) is 32.6 Å². The van der Waals surface area contributed by atoms with Crippen LogP contribution in [0, 0.1) is 11.3 Å². The number of sulfonamides is 1. The summed E-state index contributed by atoms with van der Waals surface area (Å²) in [6.07, 6.45) is 1.16. The lowest BCUT2D eigenvalue weighted by atomic mass is 10.1. The maximum atomic E-state index is 12.2. The largest absolute Gasteiger partial charge is 0.384 e. The molecule has 1 saturated heterocycles. The molecule has 0 spiro atoms. The van der Waals surface area contributed by atoms with Crippen LogP contribution in [0.2, 0.25) is 0 Å². The Morgan fingerprint density at radius 3 is 2.50 bits per heavy atom. The highest BCUT2D eigenvalue weighted by Crippen LogP contribution is 2.15. The molecule has 0 atom stereocenters. The molecule has 1 N–H and O–H groups in total. The predicted octanol–water partition coefficient (Wildman–Crippen LogP) is 0.729. The molecule has 0 aliphatic carbocycles. The molecule has 1 aliphatic heterocycles.